The molecule has 0 fully saturated rings. The van der Waals surface area contributed by atoms with Gasteiger partial charge in [0.1, 0.15) is 0 Å². The summed E-state index contributed by atoms with van der Waals surface area (Å²) in [6.07, 6.45) is 8.72. The van der Waals surface area contributed by atoms with Crippen LogP contribution in [0.3, 0.4) is 0 Å². The molecule has 11 heteroatoms. The van der Waals surface area contributed by atoms with E-state index >= 15 is 0 Å². The first kappa shape index (κ1) is 51.1. The Labute approximate surface area is 407 Å². The number of hydrogen-bond acceptors (Lipinski definition) is 4. The molecule has 331 valence electrons. The summed E-state index contributed by atoms with van der Waals surface area (Å²) in [5, 5.41) is 13.6. The molecule has 2 heterocycles. The summed E-state index contributed by atoms with van der Waals surface area (Å²) in [7, 11) is 0. The van der Waals surface area contributed by atoms with Crippen LogP contribution in [-0.4, -0.2) is 46.1 Å². The van der Waals surface area contributed by atoms with Crippen molar-refractivity contribution in [1.82, 2.24) is 31.2 Å². The number of benzene rings is 4. The van der Waals surface area contributed by atoms with Crippen molar-refractivity contribution >= 4 is 68.8 Å². The normalized spacial score (nSPS) is 10.5. The van der Waals surface area contributed by atoms with Crippen molar-refractivity contribution in [3.05, 3.63) is 144 Å². The van der Waals surface area contributed by atoms with Gasteiger partial charge in [-0.15, -0.1) is 0 Å². The van der Waals surface area contributed by atoms with E-state index in [1.165, 1.54) is 0 Å². The van der Waals surface area contributed by atoms with E-state index in [0.717, 1.165) is 145 Å². The molecule has 6 aromatic rings. The first-order valence-corrected chi connectivity index (χ1v) is 23.7. The molecule has 4 N–H and O–H groups in total. The van der Waals surface area contributed by atoms with Gasteiger partial charge in [-0.1, -0.05) is 246 Å². The number of hydrogen-bond donors (Lipinski definition) is 4. The Morgan fingerprint density at radius 2 is 0.540 bits per heavy atom. The number of nitrogens with zero attached hydrogens (tertiary/aromatic N) is 2. The maximum Gasteiger partial charge on any atom is 2.00 e. The summed E-state index contributed by atoms with van der Waals surface area (Å²) in [6, 6.07) is 41.4. The van der Waals surface area contributed by atoms with Gasteiger partial charge in [0, 0.05) is 26.2 Å². The molecule has 1 radical (unpaired) electrons. The standard InChI is InChI=1S/2C26H31N3S2.Co/c2*1-3-5-17-27-25(30)23-21(19-13-9-7-10-14-19)22(20-15-11-8-12-16-20)24(29-23)26(31)28-18-6-4-2;/h2*7-16H,3-6,17-18H2,1-2H3,(H3,27,28,29,30,31);/q;;+2/p-2. The van der Waals surface area contributed by atoms with E-state index in [1.807, 2.05) is 72.8 Å². The average molecular weight is 956 g/mol. The fraction of sp³-hybridized carbons (Fsp3) is 0.308. The van der Waals surface area contributed by atoms with Crippen LogP contribution in [0.4, 0.5) is 0 Å². The zero-order valence-corrected chi connectivity index (χ0v) is 41.2. The summed E-state index contributed by atoms with van der Waals surface area (Å²) < 4.78 is 0. The van der Waals surface area contributed by atoms with E-state index in [1.54, 1.807) is 0 Å². The van der Waals surface area contributed by atoms with Crippen LogP contribution in [0.5, 0.6) is 0 Å². The van der Waals surface area contributed by atoms with Gasteiger partial charge in [0.2, 0.25) is 0 Å². The summed E-state index contributed by atoms with van der Waals surface area (Å²) in [4.78, 5) is 12.7. The Balaban J connectivity index is 0.000000272. The molecule has 0 saturated heterocycles. The summed E-state index contributed by atoms with van der Waals surface area (Å²) in [5.41, 5.74) is 11.7. The minimum atomic E-state index is 0. The van der Waals surface area contributed by atoms with Crippen molar-refractivity contribution in [3.8, 4) is 44.5 Å². The SMILES string of the molecule is CCCCNC(=S)c1[n-]c(C(=S)NCCCC)c(-c2ccccc2)c1-c1ccccc1.CCCCNC(=S)c1[n-]c(C(=S)NCCCC)c(-c2ccccc2)c1-c1ccccc1.[Co+2]. The third kappa shape index (κ3) is 14.2. The van der Waals surface area contributed by atoms with E-state index in [2.05, 4.69) is 97.5 Å². The summed E-state index contributed by atoms with van der Waals surface area (Å²) >= 11 is 23.2. The molecule has 0 aliphatic rings. The predicted molar refractivity (Wildman–Crippen MR) is 280 cm³/mol. The number of unbranched alkanes of at least 4 members (excludes halogenated alkanes) is 4. The molecule has 0 spiro atoms. The van der Waals surface area contributed by atoms with Crippen molar-refractivity contribution in [2.75, 3.05) is 26.2 Å². The molecule has 4 aromatic carbocycles. The first-order chi connectivity index (χ1) is 30.3. The van der Waals surface area contributed by atoms with E-state index in [-0.39, 0.29) is 16.8 Å². The zero-order chi connectivity index (χ0) is 44.1. The summed E-state index contributed by atoms with van der Waals surface area (Å²) in [6.45, 7) is 12.0. The first-order valence-electron chi connectivity index (χ1n) is 22.1. The second-order valence-corrected chi connectivity index (χ2v) is 16.7. The van der Waals surface area contributed by atoms with Crippen molar-refractivity contribution in [2.24, 2.45) is 0 Å². The fourth-order valence-corrected chi connectivity index (χ4v) is 7.97. The third-order valence-electron chi connectivity index (χ3n) is 10.3. The van der Waals surface area contributed by atoms with Crippen molar-refractivity contribution in [1.29, 1.82) is 0 Å². The topological polar surface area (TPSA) is 76.3 Å². The van der Waals surface area contributed by atoms with Gasteiger partial charge in [-0.2, -0.15) is 0 Å². The molecule has 2 aromatic heterocycles. The number of rotatable bonds is 20. The average Bonchev–Trinajstić information content (AvgIpc) is 3.92. The largest absolute Gasteiger partial charge is 2.00 e. The Bertz CT molecular complexity index is 2000. The monoisotopic (exact) mass is 955 g/mol. The maximum absolute atomic E-state index is 5.80. The van der Waals surface area contributed by atoms with Gasteiger partial charge in [0.05, 0.1) is 20.0 Å². The number of nitrogens with one attached hydrogen (secondary N) is 4. The Kier molecular flexibility index (Phi) is 22.4. The molecule has 63 heavy (non-hydrogen) atoms. The number of aromatic nitrogens is 2. The van der Waals surface area contributed by atoms with E-state index in [4.69, 9.17) is 58.8 Å². The van der Waals surface area contributed by atoms with Gasteiger partial charge >= 0.3 is 16.8 Å². The Morgan fingerprint density at radius 3 is 0.714 bits per heavy atom. The molecule has 0 atom stereocenters. The molecule has 6 nitrogen and oxygen atoms in total. The molecule has 6 rings (SSSR count). The van der Waals surface area contributed by atoms with Crippen LogP contribution < -0.4 is 31.2 Å². The van der Waals surface area contributed by atoms with Gasteiger partial charge < -0.3 is 31.2 Å². The molecule has 0 saturated carbocycles. The minimum absolute atomic E-state index is 0. The molecule has 0 bridgehead atoms. The second-order valence-electron chi connectivity index (χ2n) is 15.0. The smallest absolute Gasteiger partial charge is 0.652 e. The quantitative estimate of drug-likeness (QED) is 0.0439. The van der Waals surface area contributed by atoms with Gasteiger partial charge in [-0.3, -0.25) is 0 Å². The van der Waals surface area contributed by atoms with Crippen LogP contribution in [0.1, 0.15) is 102 Å². The second kappa shape index (κ2) is 27.6. The molecular formula is C52H60CoN6S4. The molecule has 0 amide bonds. The van der Waals surface area contributed by atoms with Crippen LogP contribution in [0.15, 0.2) is 121 Å². The maximum atomic E-state index is 5.80. The molecule has 0 aliphatic heterocycles. The van der Waals surface area contributed by atoms with Crippen molar-refractivity contribution in [3.63, 3.8) is 0 Å². The van der Waals surface area contributed by atoms with Crippen LogP contribution in [0, 0.1) is 0 Å². The Morgan fingerprint density at radius 1 is 0.349 bits per heavy atom. The Hall–Kier alpha value is -4.49. The third-order valence-corrected chi connectivity index (χ3v) is 11.6. The predicted octanol–water partition coefficient (Wildman–Crippen LogP) is 12.2. The van der Waals surface area contributed by atoms with Gasteiger partial charge in [0.25, 0.3) is 0 Å². The van der Waals surface area contributed by atoms with Gasteiger partial charge in [-0.25, -0.2) is 0 Å². The van der Waals surface area contributed by atoms with Gasteiger partial charge in [0.15, 0.2) is 0 Å². The van der Waals surface area contributed by atoms with Crippen molar-refractivity contribution < 1.29 is 16.8 Å². The summed E-state index contributed by atoms with van der Waals surface area (Å²) in [5.74, 6) is 0. The number of thiocarbonyl (C=S) groups is 4. The van der Waals surface area contributed by atoms with Crippen LogP contribution in [0.2, 0.25) is 0 Å². The van der Waals surface area contributed by atoms with Crippen molar-refractivity contribution in [2.45, 2.75) is 79.1 Å². The molecular weight excluding hydrogens is 896 g/mol. The fourth-order valence-electron chi connectivity index (χ4n) is 6.97. The van der Waals surface area contributed by atoms with Gasteiger partial charge in [-0.05, 0) is 70.2 Å². The molecule has 0 unspecified atom stereocenters. The van der Waals surface area contributed by atoms with E-state index in [0.29, 0.717) is 20.0 Å². The van der Waals surface area contributed by atoms with Crippen LogP contribution in [-0.2, 0) is 16.8 Å². The van der Waals surface area contributed by atoms with E-state index in [9.17, 15) is 0 Å². The zero-order valence-electron chi connectivity index (χ0n) is 36.9. The van der Waals surface area contributed by atoms with Crippen LogP contribution in [0.25, 0.3) is 44.5 Å². The minimum Gasteiger partial charge on any atom is -0.652 e. The van der Waals surface area contributed by atoms with E-state index < -0.39 is 0 Å². The van der Waals surface area contributed by atoms with Crippen LogP contribution >= 0.6 is 48.9 Å². The molecule has 0 aliphatic carbocycles.